The third-order valence-electron chi connectivity index (χ3n) is 4.22. The first-order valence-corrected chi connectivity index (χ1v) is 8.30. The van der Waals surface area contributed by atoms with Crippen molar-refractivity contribution in [1.29, 1.82) is 0 Å². The Bertz CT molecular complexity index is 1230. The Morgan fingerprint density at radius 1 is 0.889 bits per heavy atom. The van der Waals surface area contributed by atoms with E-state index in [1.165, 1.54) is 0 Å². The number of aromatic amines is 1. The number of fused-ring (bicyclic) bond motifs is 1. The number of nitrogens with zero attached hydrogens (tertiary/aromatic N) is 4. The number of benzene rings is 2. The van der Waals surface area contributed by atoms with Gasteiger partial charge in [0.1, 0.15) is 11.6 Å². The average molecular weight is 355 g/mol. The summed E-state index contributed by atoms with van der Waals surface area (Å²) in [5.41, 5.74) is 4.18. The van der Waals surface area contributed by atoms with Crippen LogP contribution in [-0.4, -0.2) is 30.2 Å². The fourth-order valence-electron chi connectivity index (χ4n) is 2.85. The van der Waals surface area contributed by atoms with Crippen LogP contribution < -0.4 is 0 Å². The minimum atomic E-state index is 0.191. The number of pyridine rings is 1. The van der Waals surface area contributed by atoms with Gasteiger partial charge in [-0.15, -0.1) is 0 Å². The zero-order chi connectivity index (χ0) is 18.2. The van der Waals surface area contributed by atoms with E-state index in [0.29, 0.717) is 11.7 Å². The van der Waals surface area contributed by atoms with Crippen LogP contribution in [0.4, 0.5) is 0 Å². The van der Waals surface area contributed by atoms with E-state index in [2.05, 4.69) is 25.1 Å². The molecule has 0 saturated carbocycles. The lowest BCUT2D eigenvalue weighted by molar-refractivity contribution is 0.432. The van der Waals surface area contributed by atoms with Crippen molar-refractivity contribution in [2.45, 2.75) is 0 Å². The molecule has 7 heteroatoms. The van der Waals surface area contributed by atoms with E-state index >= 15 is 0 Å². The highest BCUT2D eigenvalue weighted by Crippen LogP contribution is 2.27. The molecular weight excluding hydrogens is 342 g/mol. The summed E-state index contributed by atoms with van der Waals surface area (Å²) in [4.78, 5) is 16.5. The highest BCUT2D eigenvalue weighted by Gasteiger charge is 2.13. The molecule has 0 aliphatic heterocycles. The number of aromatic hydroxyl groups is 1. The van der Waals surface area contributed by atoms with Gasteiger partial charge in [0, 0.05) is 29.1 Å². The minimum absolute atomic E-state index is 0.191. The zero-order valence-electron chi connectivity index (χ0n) is 14.0. The molecule has 3 heterocycles. The molecule has 0 bridgehead atoms. The third-order valence-corrected chi connectivity index (χ3v) is 4.22. The normalized spacial score (nSPS) is 11.1. The van der Waals surface area contributed by atoms with Crippen LogP contribution >= 0.6 is 0 Å². The fraction of sp³-hybridized carbons (Fsp3) is 0. The van der Waals surface area contributed by atoms with Crippen molar-refractivity contribution < 1.29 is 9.63 Å². The third kappa shape index (κ3) is 2.81. The molecule has 0 unspecified atom stereocenters. The lowest BCUT2D eigenvalue weighted by Crippen LogP contribution is -1.81. The van der Waals surface area contributed by atoms with Gasteiger partial charge in [0.25, 0.3) is 5.89 Å². The van der Waals surface area contributed by atoms with Crippen LogP contribution in [0.1, 0.15) is 0 Å². The van der Waals surface area contributed by atoms with E-state index in [0.717, 1.165) is 33.5 Å². The highest BCUT2D eigenvalue weighted by atomic mass is 16.5. The summed E-state index contributed by atoms with van der Waals surface area (Å²) in [5, 5.41) is 13.4. The van der Waals surface area contributed by atoms with Crippen LogP contribution in [-0.2, 0) is 0 Å². The minimum Gasteiger partial charge on any atom is -0.508 e. The molecule has 5 aromatic rings. The number of aromatic nitrogens is 5. The van der Waals surface area contributed by atoms with Crippen molar-refractivity contribution in [2.24, 2.45) is 0 Å². The molecule has 2 aromatic carbocycles. The first-order valence-electron chi connectivity index (χ1n) is 8.30. The summed E-state index contributed by atoms with van der Waals surface area (Å²) in [6.07, 6.45) is 3.49. The molecule has 0 radical (unpaired) electrons. The number of imidazole rings is 1. The molecule has 0 aliphatic rings. The molecule has 27 heavy (non-hydrogen) atoms. The predicted octanol–water partition coefficient (Wildman–Crippen LogP) is 4.05. The van der Waals surface area contributed by atoms with Crippen molar-refractivity contribution in [1.82, 2.24) is 25.1 Å². The quantitative estimate of drug-likeness (QED) is 0.506. The SMILES string of the molecule is Oc1ccc(-c2noc(-c3ccc4[nH]c(-c5cccnc5)nc4c3)n2)cc1. The maximum Gasteiger partial charge on any atom is 0.258 e. The summed E-state index contributed by atoms with van der Waals surface area (Å²) >= 11 is 0. The van der Waals surface area contributed by atoms with Crippen LogP contribution in [0.25, 0.3) is 45.3 Å². The summed E-state index contributed by atoms with van der Waals surface area (Å²) in [6, 6.07) is 16.2. The molecule has 7 nitrogen and oxygen atoms in total. The molecule has 130 valence electrons. The first-order chi connectivity index (χ1) is 13.3. The monoisotopic (exact) mass is 355 g/mol. The van der Waals surface area contributed by atoms with Crippen molar-refractivity contribution >= 4 is 11.0 Å². The molecule has 0 spiro atoms. The molecule has 2 N–H and O–H groups in total. The van der Waals surface area contributed by atoms with E-state index in [9.17, 15) is 5.11 Å². The maximum atomic E-state index is 9.39. The zero-order valence-corrected chi connectivity index (χ0v) is 14.0. The van der Waals surface area contributed by atoms with Gasteiger partial charge < -0.3 is 14.6 Å². The Balaban J connectivity index is 1.51. The summed E-state index contributed by atoms with van der Waals surface area (Å²) < 4.78 is 5.40. The number of phenolic OH excluding ortho intramolecular Hbond substituents is 1. The number of phenols is 1. The van der Waals surface area contributed by atoms with Gasteiger partial charge in [0.05, 0.1) is 11.0 Å². The summed E-state index contributed by atoms with van der Waals surface area (Å²) in [5.74, 6) is 1.82. The first kappa shape index (κ1) is 15.3. The van der Waals surface area contributed by atoms with Gasteiger partial charge in [0.15, 0.2) is 0 Å². The molecular formula is C20H13N5O2. The van der Waals surface area contributed by atoms with Crippen LogP contribution in [0, 0.1) is 0 Å². The van der Waals surface area contributed by atoms with Gasteiger partial charge in [-0.2, -0.15) is 4.98 Å². The van der Waals surface area contributed by atoms with Gasteiger partial charge in [-0.3, -0.25) is 4.98 Å². The maximum absolute atomic E-state index is 9.39. The highest BCUT2D eigenvalue weighted by molar-refractivity contribution is 5.83. The van der Waals surface area contributed by atoms with E-state index in [4.69, 9.17) is 4.52 Å². The smallest absolute Gasteiger partial charge is 0.258 e. The van der Waals surface area contributed by atoms with E-state index < -0.39 is 0 Å². The molecule has 5 rings (SSSR count). The summed E-state index contributed by atoms with van der Waals surface area (Å²) in [6.45, 7) is 0. The molecule has 0 amide bonds. The Labute approximate surface area is 153 Å². The van der Waals surface area contributed by atoms with Crippen LogP contribution in [0.2, 0.25) is 0 Å². The van der Waals surface area contributed by atoms with E-state index in [1.807, 2.05) is 30.3 Å². The molecule has 0 aliphatic carbocycles. The Morgan fingerprint density at radius 2 is 1.74 bits per heavy atom. The second-order valence-electron chi connectivity index (χ2n) is 6.03. The van der Waals surface area contributed by atoms with E-state index in [1.54, 1.807) is 36.7 Å². The van der Waals surface area contributed by atoms with Crippen molar-refractivity contribution in [2.75, 3.05) is 0 Å². The van der Waals surface area contributed by atoms with Crippen LogP contribution in [0.3, 0.4) is 0 Å². The Morgan fingerprint density at radius 3 is 2.56 bits per heavy atom. The van der Waals surface area contributed by atoms with Gasteiger partial charge >= 0.3 is 0 Å². The fourth-order valence-corrected chi connectivity index (χ4v) is 2.85. The molecule has 3 aromatic heterocycles. The van der Waals surface area contributed by atoms with Crippen molar-refractivity contribution in [3.63, 3.8) is 0 Å². The number of H-pyrrole nitrogens is 1. The lowest BCUT2D eigenvalue weighted by Gasteiger charge is -1.94. The van der Waals surface area contributed by atoms with Gasteiger partial charge in [-0.05, 0) is 54.6 Å². The van der Waals surface area contributed by atoms with Crippen molar-refractivity contribution in [3.05, 3.63) is 67.0 Å². The average Bonchev–Trinajstić information content (AvgIpc) is 3.36. The topological polar surface area (TPSA) is 101 Å². The number of rotatable bonds is 3. The lowest BCUT2D eigenvalue weighted by atomic mass is 10.2. The van der Waals surface area contributed by atoms with E-state index in [-0.39, 0.29) is 5.75 Å². The Hall–Kier alpha value is -4.00. The number of nitrogens with one attached hydrogen (secondary N) is 1. The molecule has 0 saturated heterocycles. The van der Waals surface area contributed by atoms with Gasteiger partial charge in [0.2, 0.25) is 5.82 Å². The largest absolute Gasteiger partial charge is 0.508 e. The van der Waals surface area contributed by atoms with Crippen LogP contribution in [0.5, 0.6) is 5.75 Å². The second-order valence-corrected chi connectivity index (χ2v) is 6.03. The second kappa shape index (κ2) is 6.06. The van der Waals surface area contributed by atoms with Gasteiger partial charge in [-0.1, -0.05) is 5.16 Å². The Kier molecular flexibility index (Phi) is 3.43. The molecule has 0 atom stereocenters. The van der Waals surface area contributed by atoms with Gasteiger partial charge in [-0.25, -0.2) is 4.98 Å². The van der Waals surface area contributed by atoms with Crippen molar-refractivity contribution in [3.8, 4) is 40.0 Å². The number of hydrogen-bond donors (Lipinski definition) is 2. The molecule has 0 fully saturated rings. The standard InChI is InChI=1S/C20H13N5O2/c26-15-6-3-12(4-7-15)19-24-20(27-25-19)13-5-8-16-17(10-13)23-18(22-16)14-2-1-9-21-11-14/h1-11,26H,(H,22,23). The summed E-state index contributed by atoms with van der Waals surface area (Å²) in [7, 11) is 0. The number of hydrogen-bond acceptors (Lipinski definition) is 6. The predicted molar refractivity (Wildman–Crippen MR) is 99.7 cm³/mol. The van der Waals surface area contributed by atoms with Crippen LogP contribution in [0.15, 0.2) is 71.5 Å².